The zero-order valence-electron chi connectivity index (χ0n) is 26.3. The summed E-state index contributed by atoms with van der Waals surface area (Å²) in [6, 6.07) is 34.6. The van der Waals surface area contributed by atoms with E-state index in [4.69, 9.17) is 4.42 Å². The largest absolute Gasteiger partial charge is 0.512 e. The van der Waals surface area contributed by atoms with E-state index in [1.807, 2.05) is 52.0 Å². The van der Waals surface area contributed by atoms with Crippen molar-refractivity contribution in [2.45, 2.75) is 53.4 Å². The van der Waals surface area contributed by atoms with Crippen LogP contribution in [-0.2, 0) is 24.9 Å². The van der Waals surface area contributed by atoms with Crippen LogP contribution >= 0.6 is 0 Å². The van der Waals surface area contributed by atoms with Gasteiger partial charge in [0.05, 0.1) is 5.76 Å². The number of hydrogen-bond donors (Lipinski definition) is 1. The van der Waals surface area contributed by atoms with Crippen molar-refractivity contribution in [3.05, 3.63) is 115 Å². The van der Waals surface area contributed by atoms with Crippen LogP contribution in [0.2, 0.25) is 0 Å². The van der Waals surface area contributed by atoms with Crippen LogP contribution in [0.1, 0.15) is 53.4 Å². The second-order valence-corrected chi connectivity index (χ2v) is 11.2. The standard InChI is InChI=1S/C27H16NO.C13H24O2.Ir/c1-2-7-19(8-3-1)26-17-24-25(29-26)14-15-28-27(24)21-12-13-23-20(16-21)11-10-18-6-4-5-9-22(18)23;1-5-10(6-2)12(14)9-13(15)11(7-3)8-4;/h1-11,13-17H;9-11,14H,5-8H2,1-4H3;/q-1;;/b;12-9-;. The summed E-state index contributed by atoms with van der Waals surface area (Å²) in [5.74, 6) is 1.40. The van der Waals surface area contributed by atoms with Crippen LogP contribution in [0, 0.1) is 17.9 Å². The molecule has 0 bridgehead atoms. The monoisotopic (exact) mass is 775 g/mol. The Hall–Kier alpha value is -4.05. The normalized spacial score (nSPS) is 11.6. The molecular formula is C40H40IrNO3-. The van der Waals surface area contributed by atoms with Gasteiger partial charge in [0.15, 0.2) is 5.78 Å². The van der Waals surface area contributed by atoms with Crippen LogP contribution in [0.5, 0.6) is 0 Å². The maximum Gasteiger partial charge on any atom is 0.162 e. The summed E-state index contributed by atoms with van der Waals surface area (Å²) in [7, 11) is 0. The van der Waals surface area contributed by atoms with E-state index in [2.05, 4.69) is 77.8 Å². The van der Waals surface area contributed by atoms with E-state index in [0.717, 1.165) is 59.2 Å². The van der Waals surface area contributed by atoms with E-state index < -0.39 is 0 Å². The molecule has 0 aliphatic carbocycles. The molecule has 0 spiro atoms. The third-order valence-electron chi connectivity index (χ3n) is 8.52. The number of aromatic nitrogens is 1. The number of carbonyl (C=O) groups excluding carboxylic acids is 1. The first-order chi connectivity index (χ1) is 21.5. The van der Waals surface area contributed by atoms with Crippen LogP contribution in [0.3, 0.4) is 0 Å². The average molecular weight is 775 g/mol. The average Bonchev–Trinajstić information content (AvgIpc) is 3.51. The molecule has 0 unspecified atom stereocenters. The number of hydrogen-bond acceptors (Lipinski definition) is 4. The van der Waals surface area contributed by atoms with E-state index >= 15 is 0 Å². The summed E-state index contributed by atoms with van der Waals surface area (Å²) >= 11 is 0. The Morgan fingerprint density at radius 1 is 0.800 bits per heavy atom. The fourth-order valence-electron chi connectivity index (χ4n) is 5.79. The first-order valence-electron chi connectivity index (χ1n) is 15.7. The number of nitrogens with zero attached hydrogens (tertiary/aromatic N) is 1. The molecule has 1 radical (unpaired) electrons. The van der Waals surface area contributed by atoms with Crippen molar-refractivity contribution in [1.29, 1.82) is 0 Å². The molecule has 233 valence electrons. The van der Waals surface area contributed by atoms with Gasteiger partial charge in [0.1, 0.15) is 11.3 Å². The first kappa shape index (κ1) is 33.8. The molecule has 1 N–H and O–H groups in total. The maximum absolute atomic E-state index is 11.7. The number of allylic oxidation sites excluding steroid dienone is 2. The van der Waals surface area contributed by atoms with Gasteiger partial charge in [0.2, 0.25) is 0 Å². The predicted molar refractivity (Wildman–Crippen MR) is 183 cm³/mol. The van der Waals surface area contributed by atoms with Crippen LogP contribution in [0.4, 0.5) is 0 Å². The molecule has 0 aliphatic rings. The van der Waals surface area contributed by atoms with Crippen molar-refractivity contribution in [2.75, 3.05) is 0 Å². The zero-order chi connectivity index (χ0) is 31.1. The van der Waals surface area contributed by atoms with Crippen LogP contribution < -0.4 is 0 Å². The molecule has 0 saturated carbocycles. The van der Waals surface area contributed by atoms with E-state index in [-0.39, 0.29) is 43.5 Å². The van der Waals surface area contributed by atoms with Crippen LogP contribution in [0.25, 0.3) is 55.1 Å². The molecule has 0 atom stereocenters. The quantitative estimate of drug-likeness (QED) is 0.0688. The van der Waals surface area contributed by atoms with Gasteiger partial charge in [-0.1, -0.05) is 105 Å². The van der Waals surface area contributed by atoms with Crippen LogP contribution in [0.15, 0.2) is 113 Å². The van der Waals surface area contributed by atoms with E-state index in [1.165, 1.54) is 27.6 Å². The molecule has 4 aromatic carbocycles. The molecule has 2 aromatic heterocycles. The van der Waals surface area contributed by atoms with Gasteiger partial charge < -0.3 is 14.5 Å². The number of furan rings is 1. The van der Waals surface area contributed by atoms with Gasteiger partial charge in [-0.05, 0) is 48.9 Å². The van der Waals surface area contributed by atoms with E-state index in [0.29, 0.717) is 0 Å². The molecule has 6 rings (SSSR count). The summed E-state index contributed by atoms with van der Waals surface area (Å²) < 4.78 is 6.11. The fraction of sp³-hybridized carbons (Fsp3) is 0.250. The molecule has 0 fully saturated rings. The van der Waals surface area contributed by atoms with E-state index in [1.54, 1.807) is 6.20 Å². The number of aliphatic hydroxyl groups is 1. The Balaban J connectivity index is 0.000000249. The van der Waals surface area contributed by atoms with Crippen molar-refractivity contribution in [1.82, 2.24) is 4.98 Å². The Morgan fingerprint density at radius 2 is 1.47 bits per heavy atom. The fourth-order valence-corrected chi connectivity index (χ4v) is 5.79. The number of ketones is 1. The molecule has 6 aromatic rings. The van der Waals surface area contributed by atoms with Gasteiger partial charge in [0, 0.05) is 55.2 Å². The van der Waals surface area contributed by atoms with Crippen molar-refractivity contribution in [3.63, 3.8) is 0 Å². The van der Waals surface area contributed by atoms with Gasteiger partial charge in [-0.3, -0.25) is 4.79 Å². The molecule has 0 aliphatic heterocycles. The van der Waals surface area contributed by atoms with Crippen molar-refractivity contribution < 1.29 is 34.4 Å². The number of rotatable bonds is 9. The number of fused-ring (bicyclic) bond motifs is 4. The first-order valence-corrected chi connectivity index (χ1v) is 15.7. The van der Waals surface area contributed by atoms with Gasteiger partial charge in [-0.25, -0.2) is 0 Å². The van der Waals surface area contributed by atoms with E-state index in [9.17, 15) is 9.90 Å². The molecular weight excluding hydrogens is 735 g/mol. The molecule has 45 heavy (non-hydrogen) atoms. The SMILES string of the molecule is CCC(CC)C(=O)/C=C(\O)C(CC)CC.[Ir].[c-]1cc2c(ccc3ccccc32)cc1-c1nccc2oc(-c3ccccc3)cc12. The number of pyridine rings is 1. The summed E-state index contributed by atoms with van der Waals surface area (Å²) in [6.45, 7) is 8.07. The summed E-state index contributed by atoms with van der Waals surface area (Å²) in [5.41, 5.74) is 3.76. The minimum Gasteiger partial charge on any atom is -0.512 e. The second-order valence-electron chi connectivity index (χ2n) is 11.2. The summed E-state index contributed by atoms with van der Waals surface area (Å²) in [5, 5.41) is 15.6. The van der Waals surface area contributed by atoms with Gasteiger partial charge in [0.25, 0.3) is 0 Å². The maximum atomic E-state index is 11.7. The zero-order valence-corrected chi connectivity index (χ0v) is 28.7. The van der Waals surface area contributed by atoms with Crippen molar-refractivity contribution >= 4 is 38.3 Å². The Labute approximate surface area is 279 Å². The summed E-state index contributed by atoms with van der Waals surface area (Å²) in [6.07, 6.45) is 6.71. The van der Waals surface area contributed by atoms with Gasteiger partial charge in [-0.15, -0.1) is 29.1 Å². The Bertz CT molecular complexity index is 1900. The van der Waals surface area contributed by atoms with Crippen molar-refractivity contribution in [2.24, 2.45) is 11.8 Å². The molecule has 0 saturated heterocycles. The third-order valence-corrected chi connectivity index (χ3v) is 8.52. The van der Waals surface area contributed by atoms with Crippen LogP contribution in [-0.4, -0.2) is 15.9 Å². The molecule has 2 heterocycles. The Kier molecular flexibility index (Phi) is 11.9. The third kappa shape index (κ3) is 7.61. The second kappa shape index (κ2) is 15.8. The number of aliphatic hydroxyl groups excluding tert-OH is 1. The minimum atomic E-state index is 0. The van der Waals surface area contributed by atoms with Gasteiger partial charge >= 0.3 is 0 Å². The molecule has 4 nitrogen and oxygen atoms in total. The van der Waals surface area contributed by atoms with Gasteiger partial charge in [-0.2, -0.15) is 0 Å². The number of carbonyl (C=O) groups is 1. The minimum absolute atomic E-state index is 0. The number of benzene rings is 4. The molecule has 5 heteroatoms. The topological polar surface area (TPSA) is 63.3 Å². The Morgan fingerprint density at radius 3 is 2.18 bits per heavy atom. The smallest absolute Gasteiger partial charge is 0.162 e. The molecule has 0 amide bonds. The van der Waals surface area contributed by atoms with Crippen molar-refractivity contribution in [3.8, 4) is 22.6 Å². The summed E-state index contributed by atoms with van der Waals surface area (Å²) in [4.78, 5) is 16.4. The predicted octanol–water partition coefficient (Wildman–Crippen LogP) is 11.1.